The highest BCUT2D eigenvalue weighted by molar-refractivity contribution is 7.90. The van der Waals surface area contributed by atoms with Crippen LogP contribution in [0.15, 0.2) is 47.4 Å². The van der Waals surface area contributed by atoms with Crippen LogP contribution in [0.4, 0.5) is 14.5 Å². The summed E-state index contributed by atoms with van der Waals surface area (Å²) in [5.41, 5.74) is 1.80. The molecule has 0 fully saturated rings. The first kappa shape index (κ1) is 18.3. The monoisotopic (exact) mass is 381 g/mol. The van der Waals surface area contributed by atoms with Gasteiger partial charge in [0.25, 0.3) is 5.91 Å². The maximum absolute atomic E-state index is 12.8. The summed E-state index contributed by atoms with van der Waals surface area (Å²) in [5.74, 6) is -0.296. The molecule has 1 amide bonds. The number of anilines is 1. The molecule has 0 spiro atoms. The average molecular weight is 381 g/mol. The molecule has 2 aromatic rings. The summed E-state index contributed by atoms with van der Waals surface area (Å²) >= 11 is 0. The minimum absolute atomic E-state index is 0.0200. The van der Waals surface area contributed by atoms with Crippen LogP contribution < -0.4 is 9.64 Å². The summed E-state index contributed by atoms with van der Waals surface area (Å²) in [7, 11) is -3.32. The maximum Gasteiger partial charge on any atom is 0.387 e. The topological polar surface area (TPSA) is 63.7 Å². The van der Waals surface area contributed by atoms with Crippen LogP contribution in [0.5, 0.6) is 5.75 Å². The van der Waals surface area contributed by atoms with E-state index in [0.29, 0.717) is 30.6 Å². The number of sulfone groups is 1. The number of aryl methyl sites for hydroxylation is 1. The fourth-order valence-corrected chi connectivity index (χ4v) is 3.62. The van der Waals surface area contributed by atoms with E-state index in [9.17, 15) is 22.0 Å². The molecular formula is C18H17F2NO4S. The van der Waals surface area contributed by atoms with Gasteiger partial charge in [-0.15, -0.1) is 0 Å². The number of alkyl halides is 2. The zero-order valence-electron chi connectivity index (χ0n) is 14.0. The summed E-state index contributed by atoms with van der Waals surface area (Å²) in [5, 5.41) is 0. The van der Waals surface area contributed by atoms with Crippen molar-refractivity contribution in [3.8, 4) is 5.75 Å². The molecule has 0 aliphatic carbocycles. The molecule has 1 aliphatic rings. The lowest BCUT2D eigenvalue weighted by molar-refractivity contribution is -0.0498. The molecule has 0 bridgehead atoms. The summed E-state index contributed by atoms with van der Waals surface area (Å²) < 4.78 is 52.1. The van der Waals surface area contributed by atoms with Crippen molar-refractivity contribution in [3.63, 3.8) is 0 Å². The second-order valence-electron chi connectivity index (χ2n) is 6.03. The Bertz CT molecular complexity index is 927. The highest BCUT2D eigenvalue weighted by Crippen LogP contribution is 2.31. The zero-order valence-corrected chi connectivity index (χ0v) is 14.8. The predicted molar refractivity (Wildman–Crippen MR) is 92.6 cm³/mol. The van der Waals surface area contributed by atoms with Crippen LogP contribution in [-0.2, 0) is 16.3 Å². The highest BCUT2D eigenvalue weighted by Gasteiger charge is 2.25. The third kappa shape index (κ3) is 3.85. The highest BCUT2D eigenvalue weighted by atomic mass is 32.2. The molecule has 0 saturated heterocycles. The van der Waals surface area contributed by atoms with E-state index in [2.05, 4.69) is 4.74 Å². The normalized spacial score (nSPS) is 14.2. The molecule has 0 radical (unpaired) electrons. The first-order valence-corrected chi connectivity index (χ1v) is 9.84. The van der Waals surface area contributed by atoms with Gasteiger partial charge >= 0.3 is 6.61 Å². The van der Waals surface area contributed by atoms with Crippen molar-refractivity contribution < 1.29 is 26.7 Å². The summed E-state index contributed by atoms with van der Waals surface area (Å²) in [6.07, 6.45) is 2.53. The number of ether oxygens (including phenoxy) is 1. The van der Waals surface area contributed by atoms with E-state index in [1.807, 2.05) is 0 Å². The Morgan fingerprint density at radius 1 is 1.15 bits per heavy atom. The third-order valence-electron chi connectivity index (χ3n) is 4.17. The van der Waals surface area contributed by atoms with E-state index < -0.39 is 16.4 Å². The number of carbonyl (C=O) groups excluding carboxylic acids is 1. The number of benzene rings is 2. The first-order valence-electron chi connectivity index (χ1n) is 7.95. The summed E-state index contributed by atoms with van der Waals surface area (Å²) in [6.45, 7) is -2.42. The van der Waals surface area contributed by atoms with Crippen LogP contribution in [0.25, 0.3) is 0 Å². The molecule has 0 saturated carbocycles. The van der Waals surface area contributed by atoms with E-state index >= 15 is 0 Å². The zero-order chi connectivity index (χ0) is 18.9. The molecule has 1 heterocycles. The third-order valence-corrected chi connectivity index (χ3v) is 5.28. The Balaban J connectivity index is 1.88. The van der Waals surface area contributed by atoms with Crippen molar-refractivity contribution in [2.75, 3.05) is 17.7 Å². The van der Waals surface area contributed by atoms with Gasteiger partial charge in [0.1, 0.15) is 5.75 Å². The van der Waals surface area contributed by atoms with Gasteiger partial charge in [-0.25, -0.2) is 8.42 Å². The number of rotatable bonds is 4. The number of nitrogens with zero attached hydrogens (tertiary/aromatic N) is 1. The predicted octanol–water partition coefficient (Wildman–Crippen LogP) is 3.28. The average Bonchev–Trinajstić information content (AvgIpc) is 2.59. The molecule has 8 heteroatoms. The standard InChI is InChI=1S/C18H17F2NO4S/c1-26(23,24)15-8-9-16-13(11-15)3-2-10-21(16)17(22)12-4-6-14(7-5-12)25-18(19)20/h4-9,11,18H,2-3,10H2,1H3. The minimum atomic E-state index is -3.32. The SMILES string of the molecule is CS(=O)(=O)c1ccc2c(c1)CCCN2C(=O)c1ccc(OC(F)F)cc1. The van der Waals surface area contributed by atoms with E-state index in [0.717, 1.165) is 11.8 Å². The van der Waals surface area contributed by atoms with E-state index in [1.165, 1.54) is 30.3 Å². The van der Waals surface area contributed by atoms with Gasteiger partial charge in [0.05, 0.1) is 4.90 Å². The second kappa shape index (κ2) is 7.03. The van der Waals surface area contributed by atoms with Crippen molar-refractivity contribution in [2.24, 2.45) is 0 Å². The first-order chi connectivity index (χ1) is 12.3. The fraction of sp³-hybridized carbons (Fsp3) is 0.278. The Morgan fingerprint density at radius 2 is 1.85 bits per heavy atom. The quantitative estimate of drug-likeness (QED) is 0.815. The number of halogens is 2. The molecule has 5 nitrogen and oxygen atoms in total. The van der Waals surface area contributed by atoms with E-state index in [1.54, 1.807) is 17.0 Å². The summed E-state index contributed by atoms with van der Waals surface area (Å²) in [4.78, 5) is 14.6. The van der Waals surface area contributed by atoms with E-state index in [4.69, 9.17) is 0 Å². The van der Waals surface area contributed by atoms with Crippen LogP contribution in [0.1, 0.15) is 22.3 Å². The lowest BCUT2D eigenvalue weighted by atomic mass is 10.0. The Morgan fingerprint density at radius 3 is 2.46 bits per heavy atom. The Labute approximate surface area is 150 Å². The van der Waals surface area contributed by atoms with Crippen LogP contribution in [0.3, 0.4) is 0 Å². The molecule has 0 N–H and O–H groups in total. The van der Waals surface area contributed by atoms with Crippen molar-refractivity contribution >= 4 is 21.4 Å². The summed E-state index contributed by atoms with van der Waals surface area (Å²) in [6, 6.07) is 10.2. The number of fused-ring (bicyclic) bond motifs is 1. The number of amides is 1. The van der Waals surface area contributed by atoms with Crippen LogP contribution in [-0.4, -0.2) is 33.7 Å². The van der Waals surface area contributed by atoms with Crippen molar-refractivity contribution in [2.45, 2.75) is 24.3 Å². The number of hydrogen-bond acceptors (Lipinski definition) is 4. The molecule has 138 valence electrons. The van der Waals surface area contributed by atoms with Gasteiger partial charge in [-0.3, -0.25) is 4.79 Å². The van der Waals surface area contributed by atoms with Gasteiger partial charge in [-0.05, 0) is 60.9 Å². The lowest BCUT2D eigenvalue weighted by Crippen LogP contribution is -2.35. The fourth-order valence-electron chi connectivity index (χ4n) is 2.95. The smallest absolute Gasteiger partial charge is 0.387 e. The van der Waals surface area contributed by atoms with Gasteiger partial charge in [0.2, 0.25) is 0 Å². The van der Waals surface area contributed by atoms with Crippen molar-refractivity contribution in [1.82, 2.24) is 0 Å². The van der Waals surface area contributed by atoms with Crippen LogP contribution in [0, 0.1) is 0 Å². The molecular weight excluding hydrogens is 364 g/mol. The molecule has 0 aromatic heterocycles. The van der Waals surface area contributed by atoms with Crippen molar-refractivity contribution in [1.29, 1.82) is 0 Å². The van der Waals surface area contributed by atoms with Gasteiger partial charge in [0.15, 0.2) is 9.84 Å². The lowest BCUT2D eigenvalue weighted by Gasteiger charge is -2.30. The Kier molecular flexibility index (Phi) is 4.95. The molecule has 1 aliphatic heterocycles. The molecule has 3 rings (SSSR count). The van der Waals surface area contributed by atoms with Crippen molar-refractivity contribution in [3.05, 3.63) is 53.6 Å². The molecule has 0 unspecified atom stereocenters. The Hall–Kier alpha value is -2.48. The molecule has 0 atom stereocenters. The van der Waals surface area contributed by atoms with Gasteiger partial charge in [-0.1, -0.05) is 0 Å². The van der Waals surface area contributed by atoms with Gasteiger partial charge in [0, 0.05) is 24.1 Å². The maximum atomic E-state index is 12.8. The van der Waals surface area contributed by atoms with Gasteiger partial charge < -0.3 is 9.64 Å². The number of hydrogen-bond donors (Lipinski definition) is 0. The largest absolute Gasteiger partial charge is 0.435 e. The number of carbonyl (C=O) groups is 1. The molecule has 26 heavy (non-hydrogen) atoms. The van der Waals surface area contributed by atoms with Gasteiger partial charge in [-0.2, -0.15) is 8.78 Å². The van der Waals surface area contributed by atoms with E-state index in [-0.39, 0.29) is 16.6 Å². The van der Waals surface area contributed by atoms with Crippen LogP contribution >= 0.6 is 0 Å². The second-order valence-corrected chi connectivity index (χ2v) is 8.04. The molecule has 2 aromatic carbocycles. The van der Waals surface area contributed by atoms with Crippen LogP contribution in [0.2, 0.25) is 0 Å². The minimum Gasteiger partial charge on any atom is -0.435 e.